The monoisotopic (exact) mass is 477 g/mol. The molecule has 2 amide bonds. The summed E-state index contributed by atoms with van der Waals surface area (Å²) in [5.74, 6) is 0.757. The maximum atomic E-state index is 12.5. The molecule has 4 aromatic rings. The van der Waals surface area contributed by atoms with E-state index in [4.69, 9.17) is 4.74 Å². The van der Waals surface area contributed by atoms with Gasteiger partial charge in [0.05, 0.1) is 29.1 Å². The van der Waals surface area contributed by atoms with Crippen LogP contribution in [0.15, 0.2) is 77.1 Å². The molecule has 6 nitrogen and oxygen atoms in total. The summed E-state index contributed by atoms with van der Waals surface area (Å²) in [5.41, 5.74) is 3.15. The number of hydrogen-bond acceptors (Lipinski definition) is 6. The van der Waals surface area contributed by atoms with Crippen LogP contribution in [0, 0.1) is 0 Å². The fraction of sp³-hybridized carbons (Fsp3) is 0.160. The molecule has 0 saturated heterocycles. The van der Waals surface area contributed by atoms with E-state index < -0.39 is 0 Å². The number of benzene rings is 3. The first-order valence-corrected chi connectivity index (χ1v) is 12.1. The number of nitrogens with zero attached hydrogens (tertiary/aromatic N) is 1. The van der Waals surface area contributed by atoms with E-state index in [1.165, 1.54) is 23.1 Å². The zero-order chi connectivity index (χ0) is 23.2. The molecule has 168 valence electrons. The highest BCUT2D eigenvalue weighted by molar-refractivity contribution is 8.01. The van der Waals surface area contributed by atoms with Gasteiger partial charge in [-0.2, -0.15) is 0 Å². The maximum absolute atomic E-state index is 12.5. The van der Waals surface area contributed by atoms with E-state index in [-0.39, 0.29) is 23.6 Å². The third-order valence-electron chi connectivity index (χ3n) is 4.98. The summed E-state index contributed by atoms with van der Waals surface area (Å²) in [6.45, 7) is 1.97. The molecule has 0 aliphatic heterocycles. The Morgan fingerprint density at radius 1 is 1.06 bits per heavy atom. The minimum atomic E-state index is -0.194. The van der Waals surface area contributed by atoms with Crippen LogP contribution >= 0.6 is 23.1 Å². The molecule has 1 atom stereocenters. The molecule has 0 radical (unpaired) electrons. The Morgan fingerprint density at radius 3 is 2.55 bits per heavy atom. The first-order chi connectivity index (χ1) is 16.0. The number of thioether (sulfide) groups is 1. The van der Waals surface area contributed by atoms with Crippen LogP contribution in [-0.2, 0) is 4.79 Å². The van der Waals surface area contributed by atoms with Crippen molar-refractivity contribution >= 4 is 50.8 Å². The zero-order valence-electron chi connectivity index (χ0n) is 18.2. The molecule has 1 heterocycles. The minimum absolute atomic E-state index is 0.0388. The topological polar surface area (TPSA) is 80.3 Å². The number of anilines is 1. The molecule has 0 aliphatic carbocycles. The van der Waals surface area contributed by atoms with Gasteiger partial charge in [0.1, 0.15) is 5.75 Å². The van der Waals surface area contributed by atoms with Crippen LogP contribution in [0.2, 0.25) is 0 Å². The van der Waals surface area contributed by atoms with Gasteiger partial charge in [-0.1, -0.05) is 42.1 Å². The summed E-state index contributed by atoms with van der Waals surface area (Å²) < 4.78 is 6.89. The number of fused-ring (bicyclic) bond motifs is 1. The lowest BCUT2D eigenvalue weighted by atomic mass is 10.1. The first-order valence-electron chi connectivity index (χ1n) is 10.3. The number of amides is 2. The van der Waals surface area contributed by atoms with Crippen molar-refractivity contribution in [3.8, 4) is 5.75 Å². The maximum Gasteiger partial charge on any atom is 0.255 e. The average Bonchev–Trinajstić information content (AvgIpc) is 3.25. The van der Waals surface area contributed by atoms with Crippen molar-refractivity contribution in [1.82, 2.24) is 10.3 Å². The largest absolute Gasteiger partial charge is 0.497 e. The fourth-order valence-electron chi connectivity index (χ4n) is 3.22. The van der Waals surface area contributed by atoms with Gasteiger partial charge in [0.25, 0.3) is 5.91 Å². The number of hydrogen-bond donors (Lipinski definition) is 2. The van der Waals surface area contributed by atoms with E-state index in [1.54, 1.807) is 31.4 Å². The zero-order valence-corrected chi connectivity index (χ0v) is 19.8. The van der Waals surface area contributed by atoms with Crippen molar-refractivity contribution < 1.29 is 14.3 Å². The second kappa shape index (κ2) is 10.5. The van der Waals surface area contributed by atoms with Gasteiger partial charge in [-0.15, -0.1) is 11.3 Å². The summed E-state index contributed by atoms with van der Waals surface area (Å²) in [6, 6.07) is 22.4. The molecule has 2 N–H and O–H groups in total. The van der Waals surface area contributed by atoms with Crippen molar-refractivity contribution in [3.05, 3.63) is 83.9 Å². The summed E-state index contributed by atoms with van der Waals surface area (Å²) in [5, 5.41) is 5.93. The lowest BCUT2D eigenvalue weighted by Gasteiger charge is -2.13. The molecule has 1 aromatic heterocycles. The number of methoxy groups -OCH3 is 1. The second-order valence-corrected chi connectivity index (χ2v) is 9.59. The quantitative estimate of drug-likeness (QED) is 0.326. The van der Waals surface area contributed by atoms with Crippen molar-refractivity contribution in [2.45, 2.75) is 17.3 Å². The molecule has 0 bridgehead atoms. The molecular weight excluding hydrogens is 454 g/mol. The van der Waals surface area contributed by atoms with E-state index in [9.17, 15) is 9.59 Å². The fourth-order valence-corrected chi connectivity index (χ4v) is 5.14. The minimum Gasteiger partial charge on any atom is -0.497 e. The van der Waals surface area contributed by atoms with Crippen molar-refractivity contribution in [3.63, 3.8) is 0 Å². The number of rotatable bonds is 8. The van der Waals surface area contributed by atoms with Crippen LogP contribution < -0.4 is 15.4 Å². The number of nitrogens with one attached hydrogen (secondary N) is 2. The van der Waals surface area contributed by atoms with E-state index in [2.05, 4.69) is 15.6 Å². The molecule has 4 rings (SSSR count). The van der Waals surface area contributed by atoms with Crippen LogP contribution in [0.1, 0.15) is 28.9 Å². The number of ether oxygens (including phenoxy) is 1. The molecule has 0 unspecified atom stereocenters. The van der Waals surface area contributed by atoms with E-state index >= 15 is 0 Å². The van der Waals surface area contributed by atoms with Crippen molar-refractivity contribution in [2.24, 2.45) is 0 Å². The van der Waals surface area contributed by atoms with Gasteiger partial charge in [0.15, 0.2) is 4.34 Å². The highest BCUT2D eigenvalue weighted by Gasteiger charge is 2.13. The Morgan fingerprint density at radius 2 is 1.82 bits per heavy atom. The molecule has 0 fully saturated rings. The summed E-state index contributed by atoms with van der Waals surface area (Å²) in [6.07, 6.45) is 0. The van der Waals surface area contributed by atoms with Crippen LogP contribution in [-0.4, -0.2) is 29.7 Å². The molecule has 0 spiro atoms. The third-order valence-corrected chi connectivity index (χ3v) is 7.14. The Hall–Kier alpha value is -3.36. The normalized spacial score (nSPS) is 11.7. The Kier molecular flexibility index (Phi) is 7.26. The lowest BCUT2D eigenvalue weighted by molar-refractivity contribution is -0.119. The first kappa shape index (κ1) is 22.8. The van der Waals surface area contributed by atoms with Gasteiger partial charge in [-0.3, -0.25) is 9.59 Å². The molecular formula is C25H23N3O3S2. The van der Waals surface area contributed by atoms with E-state index in [1.807, 2.05) is 55.5 Å². The van der Waals surface area contributed by atoms with Gasteiger partial charge in [-0.05, 0) is 55.0 Å². The SMILES string of the molecule is COc1ccc(C(=O)Nc2ccc3nc(SCC(=O)N[C@@H](C)c4ccccc4)sc3c2)cc1. The second-order valence-electron chi connectivity index (χ2n) is 7.33. The van der Waals surface area contributed by atoms with Crippen LogP contribution in [0.25, 0.3) is 10.2 Å². The summed E-state index contributed by atoms with van der Waals surface area (Å²) >= 11 is 2.91. The van der Waals surface area contributed by atoms with Gasteiger partial charge in [-0.25, -0.2) is 4.98 Å². The highest BCUT2D eigenvalue weighted by Crippen LogP contribution is 2.31. The van der Waals surface area contributed by atoms with Gasteiger partial charge < -0.3 is 15.4 Å². The Balaban J connectivity index is 1.35. The number of thiazole rings is 1. The van der Waals surface area contributed by atoms with Gasteiger partial charge in [0.2, 0.25) is 5.91 Å². The molecule has 0 saturated carbocycles. The molecule has 0 aliphatic rings. The van der Waals surface area contributed by atoms with Crippen LogP contribution in [0.3, 0.4) is 0 Å². The van der Waals surface area contributed by atoms with E-state index in [0.717, 1.165) is 20.1 Å². The molecule has 8 heteroatoms. The number of carbonyl (C=O) groups is 2. The highest BCUT2D eigenvalue weighted by atomic mass is 32.2. The Labute approximate surface area is 200 Å². The summed E-state index contributed by atoms with van der Waals surface area (Å²) in [4.78, 5) is 29.5. The lowest BCUT2D eigenvalue weighted by Crippen LogP contribution is -2.28. The standard InChI is InChI=1S/C25H23N3O3S2/c1-16(17-6-4-3-5-7-17)26-23(29)15-32-25-28-21-13-10-19(14-22(21)33-25)27-24(30)18-8-11-20(31-2)12-9-18/h3-14,16H,15H2,1-2H3,(H,26,29)(H,27,30)/t16-/m0/s1. The van der Waals surface area contributed by atoms with Crippen LogP contribution in [0.5, 0.6) is 5.75 Å². The van der Waals surface area contributed by atoms with Gasteiger partial charge in [0, 0.05) is 11.3 Å². The predicted octanol–water partition coefficient (Wildman–Crippen LogP) is 5.53. The average molecular weight is 478 g/mol. The van der Waals surface area contributed by atoms with Gasteiger partial charge >= 0.3 is 0 Å². The number of aromatic nitrogens is 1. The Bertz CT molecular complexity index is 1260. The van der Waals surface area contributed by atoms with Crippen molar-refractivity contribution in [2.75, 3.05) is 18.2 Å². The van der Waals surface area contributed by atoms with Crippen LogP contribution in [0.4, 0.5) is 5.69 Å². The number of carbonyl (C=O) groups excluding carboxylic acids is 2. The summed E-state index contributed by atoms with van der Waals surface area (Å²) in [7, 11) is 1.59. The predicted molar refractivity (Wildman–Crippen MR) is 134 cm³/mol. The molecule has 33 heavy (non-hydrogen) atoms. The smallest absolute Gasteiger partial charge is 0.255 e. The molecule has 3 aromatic carbocycles. The van der Waals surface area contributed by atoms with E-state index in [0.29, 0.717) is 17.0 Å². The third kappa shape index (κ3) is 5.91. The van der Waals surface area contributed by atoms with Crippen molar-refractivity contribution in [1.29, 1.82) is 0 Å².